The van der Waals surface area contributed by atoms with E-state index < -0.39 is 18.0 Å². The van der Waals surface area contributed by atoms with Crippen molar-refractivity contribution >= 4 is 29.4 Å². The van der Waals surface area contributed by atoms with Crippen molar-refractivity contribution in [1.29, 1.82) is 0 Å². The zero-order valence-corrected chi connectivity index (χ0v) is 29.1. The largest absolute Gasteiger partial charge is 0.493 e. The second-order valence-electron chi connectivity index (χ2n) is 11.0. The molecule has 0 amide bonds. The van der Waals surface area contributed by atoms with Gasteiger partial charge in [-0.2, -0.15) is 0 Å². The van der Waals surface area contributed by atoms with Crippen molar-refractivity contribution in [2.75, 3.05) is 34.0 Å². The van der Waals surface area contributed by atoms with Crippen molar-refractivity contribution in [3.8, 4) is 23.0 Å². The van der Waals surface area contributed by atoms with Gasteiger partial charge in [-0.1, -0.05) is 53.3 Å². The Kier molecular flexibility index (Phi) is 11.2. The molecule has 11 nitrogen and oxygen atoms in total. The number of rotatable bonds is 13. The molecular formula is C37H38N2O9S. The number of nitrogens with zero attached hydrogens (tertiary/aromatic N) is 2. The van der Waals surface area contributed by atoms with Crippen molar-refractivity contribution in [3.05, 3.63) is 114 Å². The van der Waals surface area contributed by atoms with Crippen molar-refractivity contribution in [2.24, 2.45) is 4.99 Å². The van der Waals surface area contributed by atoms with Crippen LogP contribution in [0.15, 0.2) is 81.7 Å². The number of esters is 2. The Morgan fingerprint density at radius 3 is 2.39 bits per heavy atom. The molecule has 0 saturated carbocycles. The average Bonchev–Trinajstić information content (AvgIpc) is 3.39. The first kappa shape index (κ1) is 35.0. The van der Waals surface area contributed by atoms with E-state index in [4.69, 9.17) is 23.7 Å². The molecule has 256 valence electrons. The van der Waals surface area contributed by atoms with Crippen molar-refractivity contribution in [2.45, 2.75) is 40.3 Å². The lowest BCUT2D eigenvalue weighted by molar-refractivity contribution is -0.143. The molecule has 2 heterocycles. The van der Waals surface area contributed by atoms with E-state index in [9.17, 15) is 14.4 Å². The molecule has 0 N–H and O–H groups in total. The highest BCUT2D eigenvalue weighted by atomic mass is 32.1. The molecule has 1 atom stereocenters. The zero-order valence-electron chi connectivity index (χ0n) is 28.2. The molecule has 1 aliphatic rings. The summed E-state index contributed by atoms with van der Waals surface area (Å²) in [4.78, 5) is 44.3. The van der Waals surface area contributed by atoms with Crippen LogP contribution in [0.1, 0.15) is 49.1 Å². The van der Waals surface area contributed by atoms with Crippen LogP contribution >= 0.6 is 11.3 Å². The van der Waals surface area contributed by atoms with E-state index in [0.717, 1.165) is 11.1 Å². The summed E-state index contributed by atoms with van der Waals surface area (Å²) < 4.78 is 35.2. The van der Waals surface area contributed by atoms with E-state index in [0.29, 0.717) is 62.4 Å². The van der Waals surface area contributed by atoms with E-state index in [1.54, 1.807) is 51.3 Å². The minimum absolute atomic E-state index is 0.143. The summed E-state index contributed by atoms with van der Waals surface area (Å²) in [6, 6.07) is 17.7. The third-order valence-corrected chi connectivity index (χ3v) is 8.62. The highest BCUT2D eigenvalue weighted by molar-refractivity contribution is 7.07. The molecule has 0 bridgehead atoms. The SMILES string of the molecule is CCOC(=O)C1=C(C)N=c2s/c(=C\c3ccc(OCc4cccc(C)c4)c(OC)c3)c(=O)n2[C@@H]1c1ccc(OCC(=O)OC)c(OCC)c1. The minimum atomic E-state index is -0.877. The van der Waals surface area contributed by atoms with Gasteiger partial charge in [-0.25, -0.2) is 14.6 Å². The number of aromatic nitrogens is 1. The predicted octanol–water partition coefficient (Wildman–Crippen LogP) is 4.64. The summed E-state index contributed by atoms with van der Waals surface area (Å²) in [5.41, 5.74) is 3.78. The number of carbonyl (C=O) groups excluding carboxylic acids is 2. The number of carbonyl (C=O) groups is 2. The highest BCUT2D eigenvalue weighted by Crippen LogP contribution is 2.36. The molecular weight excluding hydrogens is 648 g/mol. The number of methoxy groups -OCH3 is 2. The van der Waals surface area contributed by atoms with E-state index >= 15 is 0 Å². The topological polar surface area (TPSA) is 124 Å². The third-order valence-electron chi connectivity index (χ3n) is 7.64. The quantitative estimate of drug-likeness (QED) is 0.185. The van der Waals surface area contributed by atoms with E-state index in [2.05, 4.69) is 15.8 Å². The molecule has 49 heavy (non-hydrogen) atoms. The van der Waals surface area contributed by atoms with Gasteiger partial charge in [-0.05, 0) is 74.7 Å². The number of aryl methyl sites for hydroxylation is 1. The number of fused-ring (bicyclic) bond motifs is 1. The van der Waals surface area contributed by atoms with Crippen LogP contribution in [0, 0.1) is 6.92 Å². The zero-order chi connectivity index (χ0) is 35.1. The lowest BCUT2D eigenvalue weighted by Crippen LogP contribution is -2.40. The van der Waals surface area contributed by atoms with Crippen LogP contribution < -0.4 is 33.8 Å². The van der Waals surface area contributed by atoms with E-state index in [1.807, 2.05) is 44.2 Å². The van der Waals surface area contributed by atoms with Crippen LogP contribution in [0.2, 0.25) is 0 Å². The fourth-order valence-corrected chi connectivity index (χ4v) is 6.44. The van der Waals surface area contributed by atoms with Gasteiger partial charge in [-0.15, -0.1) is 0 Å². The van der Waals surface area contributed by atoms with Crippen molar-refractivity contribution in [1.82, 2.24) is 4.57 Å². The predicted molar refractivity (Wildman–Crippen MR) is 184 cm³/mol. The third kappa shape index (κ3) is 7.86. The van der Waals surface area contributed by atoms with Gasteiger partial charge in [0.05, 0.1) is 49.3 Å². The maximum Gasteiger partial charge on any atom is 0.343 e. The van der Waals surface area contributed by atoms with Crippen LogP contribution in [0.25, 0.3) is 6.08 Å². The van der Waals surface area contributed by atoms with Crippen LogP contribution in [-0.2, 0) is 25.7 Å². The fourth-order valence-electron chi connectivity index (χ4n) is 5.39. The summed E-state index contributed by atoms with van der Waals surface area (Å²) >= 11 is 1.21. The van der Waals surface area contributed by atoms with Crippen LogP contribution in [0.5, 0.6) is 23.0 Å². The number of hydrogen-bond donors (Lipinski definition) is 0. The smallest absolute Gasteiger partial charge is 0.343 e. The Morgan fingerprint density at radius 2 is 1.67 bits per heavy atom. The first-order valence-corrected chi connectivity index (χ1v) is 16.5. The fraction of sp³-hybridized carbons (Fsp3) is 0.297. The summed E-state index contributed by atoms with van der Waals surface area (Å²) in [6.07, 6.45) is 1.76. The van der Waals surface area contributed by atoms with E-state index in [1.165, 1.54) is 23.0 Å². The van der Waals surface area contributed by atoms with Crippen LogP contribution in [0.3, 0.4) is 0 Å². The molecule has 0 unspecified atom stereocenters. The number of thiazole rings is 1. The highest BCUT2D eigenvalue weighted by Gasteiger charge is 2.34. The molecule has 0 radical (unpaired) electrons. The second kappa shape index (κ2) is 15.7. The first-order chi connectivity index (χ1) is 23.7. The molecule has 1 aromatic heterocycles. The first-order valence-electron chi connectivity index (χ1n) is 15.7. The minimum Gasteiger partial charge on any atom is -0.493 e. The number of allylic oxidation sites excluding steroid dienone is 1. The van der Waals surface area contributed by atoms with Gasteiger partial charge < -0.3 is 28.4 Å². The summed E-state index contributed by atoms with van der Waals surface area (Å²) in [5.74, 6) is 0.594. The van der Waals surface area contributed by atoms with Crippen molar-refractivity contribution in [3.63, 3.8) is 0 Å². The molecule has 0 saturated heterocycles. The van der Waals surface area contributed by atoms with Gasteiger partial charge in [0.15, 0.2) is 34.4 Å². The maximum atomic E-state index is 14.2. The molecule has 5 rings (SSSR count). The molecule has 4 aromatic rings. The van der Waals surface area contributed by atoms with Gasteiger partial charge in [0.2, 0.25) is 0 Å². The van der Waals surface area contributed by atoms with Crippen LogP contribution in [-0.4, -0.2) is 50.5 Å². The Balaban J connectivity index is 1.56. The molecule has 12 heteroatoms. The van der Waals surface area contributed by atoms with Gasteiger partial charge in [0.25, 0.3) is 5.56 Å². The molecule has 0 fully saturated rings. The molecule has 0 aliphatic carbocycles. The molecule has 0 spiro atoms. The number of hydrogen-bond acceptors (Lipinski definition) is 11. The normalized spacial score (nSPS) is 14.1. The van der Waals surface area contributed by atoms with Gasteiger partial charge in [-0.3, -0.25) is 9.36 Å². The number of benzene rings is 3. The van der Waals surface area contributed by atoms with Gasteiger partial charge >= 0.3 is 11.9 Å². The number of ether oxygens (including phenoxy) is 6. The Labute approximate surface area is 287 Å². The Bertz CT molecular complexity index is 2080. The Hall–Kier alpha value is -5.36. The van der Waals surface area contributed by atoms with Crippen molar-refractivity contribution < 1.29 is 38.0 Å². The summed E-state index contributed by atoms with van der Waals surface area (Å²) in [6.45, 7) is 7.78. The molecule has 1 aliphatic heterocycles. The van der Waals surface area contributed by atoms with Crippen LogP contribution in [0.4, 0.5) is 0 Å². The van der Waals surface area contributed by atoms with E-state index in [-0.39, 0.29) is 24.3 Å². The monoisotopic (exact) mass is 686 g/mol. The van der Waals surface area contributed by atoms with Gasteiger partial charge in [0, 0.05) is 0 Å². The summed E-state index contributed by atoms with van der Waals surface area (Å²) in [5, 5.41) is 0. The molecule has 3 aromatic carbocycles. The lowest BCUT2D eigenvalue weighted by Gasteiger charge is -2.25. The van der Waals surface area contributed by atoms with Gasteiger partial charge in [0.1, 0.15) is 6.61 Å². The maximum absolute atomic E-state index is 14.2. The second-order valence-corrected chi connectivity index (χ2v) is 12.0. The standard InChI is InChI=1S/C37H38N2O9S/c1-7-45-30-19-26(13-15-28(30)48-21-32(40)44-6)34-33(36(42)46-8-2)23(4)38-37-39(34)35(41)31(49-37)18-24-12-14-27(29(17-24)43-5)47-20-25-11-9-10-22(3)16-25/h9-19,34H,7-8,20-21H2,1-6H3/b31-18-/t34-/m1/s1. The summed E-state index contributed by atoms with van der Waals surface area (Å²) in [7, 11) is 2.84. The average molecular weight is 687 g/mol. The Morgan fingerprint density at radius 1 is 0.898 bits per heavy atom. The lowest BCUT2D eigenvalue weighted by atomic mass is 9.95.